The average Bonchev–Trinajstić information content (AvgIpc) is 2.49. The molecule has 1 amide bonds. The number of anilines is 1. The van der Waals surface area contributed by atoms with E-state index in [9.17, 15) is 4.79 Å². The largest absolute Gasteiger partial charge is 0.486 e. The first-order chi connectivity index (χ1) is 10.6. The molecule has 0 aromatic heterocycles. The second-order valence-electron chi connectivity index (χ2n) is 5.19. The zero-order valence-corrected chi connectivity index (χ0v) is 12.9. The number of carbonyl (C=O) groups excluding carboxylic acids is 1. The van der Waals surface area contributed by atoms with E-state index in [-0.39, 0.29) is 12.3 Å². The van der Waals surface area contributed by atoms with Crippen LogP contribution in [0.15, 0.2) is 36.4 Å². The molecule has 2 aromatic carbocycles. The minimum absolute atomic E-state index is 0.100. The molecule has 0 unspecified atom stereocenters. The van der Waals surface area contributed by atoms with Gasteiger partial charge in [-0.15, -0.1) is 0 Å². The maximum absolute atomic E-state index is 12.1. The van der Waals surface area contributed by atoms with Crippen molar-refractivity contribution < 1.29 is 14.3 Å². The summed E-state index contributed by atoms with van der Waals surface area (Å²) in [5.41, 5.74) is 2.72. The zero-order valence-electron chi connectivity index (χ0n) is 12.2. The molecule has 1 aliphatic rings. The molecule has 0 fully saturated rings. The third-order valence-electron chi connectivity index (χ3n) is 3.36. The van der Waals surface area contributed by atoms with E-state index < -0.39 is 0 Å². The molecule has 0 atom stereocenters. The van der Waals surface area contributed by atoms with Crippen LogP contribution in [0.5, 0.6) is 11.5 Å². The topological polar surface area (TPSA) is 47.6 Å². The van der Waals surface area contributed by atoms with Gasteiger partial charge in [0, 0.05) is 5.69 Å². The molecule has 0 aliphatic carbocycles. The van der Waals surface area contributed by atoms with Crippen molar-refractivity contribution in [1.29, 1.82) is 0 Å². The summed E-state index contributed by atoms with van der Waals surface area (Å²) in [4.78, 5) is 12.1. The SMILES string of the molecule is Cc1ccc(NC(=O)Cc2cc(Cl)c3c(c2)OCCO3)cc1. The number of hydrogen-bond acceptors (Lipinski definition) is 3. The van der Waals surface area contributed by atoms with E-state index in [4.69, 9.17) is 21.1 Å². The van der Waals surface area contributed by atoms with Crippen molar-refractivity contribution >= 4 is 23.2 Å². The van der Waals surface area contributed by atoms with E-state index in [2.05, 4.69) is 5.32 Å². The van der Waals surface area contributed by atoms with Crippen LogP contribution in [-0.4, -0.2) is 19.1 Å². The third kappa shape index (κ3) is 3.34. The van der Waals surface area contributed by atoms with Gasteiger partial charge in [-0.1, -0.05) is 29.3 Å². The lowest BCUT2D eigenvalue weighted by molar-refractivity contribution is -0.115. The maximum Gasteiger partial charge on any atom is 0.228 e. The number of benzene rings is 2. The normalized spacial score (nSPS) is 12.8. The number of hydrogen-bond donors (Lipinski definition) is 1. The van der Waals surface area contributed by atoms with Gasteiger partial charge in [-0.3, -0.25) is 4.79 Å². The smallest absolute Gasteiger partial charge is 0.228 e. The quantitative estimate of drug-likeness (QED) is 0.941. The number of amides is 1. The van der Waals surface area contributed by atoms with Gasteiger partial charge < -0.3 is 14.8 Å². The van der Waals surface area contributed by atoms with Gasteiger partial charge in [0.2, 0.25) is 5.91 Å². The van der Waals surface area contributed by atoms with E-state index in [1.165, 1.54) is 0 Å². The van der Waals surface area contributed by atoms with E-state index >= 15 is 0 Å². The van der Waals surface area contributed by atoms with Crippen LogP contribution in [0.4, 0.5) is 5.69 Å². The Kier molecular flexibility index (Phi) is 4.20. The minimum Gasteiger partial charge on any atom is -0.486 e. The first-order valence-corrected chi connectivity index (χ1v) is 7.44. The molecule has 0 radical (unpaired) electrons. The molecule has 22 heavy (non-hydrogen) atoms. The van der Waals surface area contributed by atoms with Crippen LogP contribution < -0.4 is 14.8 Å². The highest BCUT2D eigenvalue weighted by Gasteiger charge is 2.17. The van der Waals surface area contributed by atoms with Gasteiger partial charge in [0.05, 0.1) is 11.4 Å². The van der Waals surface area contributed by atoms with E-state index in [0.717, 1.165) is 16.8 Å². The highest BCUT2D eigenvalue weighted by Crippen LogP contribution is 2.38. The Morgan fingerprint density at radius 1 is 1.18 bits per heavy atom. The van der Waals surface area contributed by atoms with Gasteiger partial charge in [0.25, 0.3) is 0 Å². The van der Waals surface area contributed by atoms with E-state index in [1.807, 2.05) is 31.2 Å². The van der Waals surface area contributed by atoms with Crippen molar-refractivity contribution in [3.8, 4) is 11.5 Å². The van der Waals surface area contributed by atoms with Gasteiger partial charge in [0.1, 0.15) is 13.2 Å². The van der Waals surface area contributed by atoms with Crippen LogP contribution in [0.25, 0.3) is 0 Å². The van der Waals surface area contributed by atoms with Crippen LogP contribution in [0, 0.1) is 6.92 Å². The Morgan fingerprint density at radius 3 is 2.68 bits per heavy atom. The lowest BCUT2D eigenvalue weighted by Gasteiger charge is -2.20. The average molecular weight is 318 g/mol. The summed E-state index contributed by atoms with van der Waals surface area (Å²) in [5, 5.41) is 3.33. The van der Waals surface area contributed by atoms with Crippen molar-refractivity contribution in [1.82, 2.24) is 0 Å². The molecule has 0 bridgehead atoms. The number of fused-ring (bicyclic) bond motifs is 1. The van der Waals surface area contributed by atoms with Crippen molar-refractivity contribution in [2.45, 2.75) is 13.3 Å². The van der Waals surface area contributed by atoms with Gasteiger partial charge in [-0.2, -0.15) is 0 Å². The van der Waals surface area contributed by atoms with Crippen molar-refractivity contribution in [2.24, 2.45) is 0 Å². The van der Waals surface area contributed by atoms with Gasteiger partial charge in [-0.25, -0.2) is 0 Å². The first-order valence-electron chi connectivity index (χ1n) is 7.06. The summed E-state index contributed by atoms with van der Waals surface area (Å²) < 4.78 is 11.0. The predicted molar refractivity (Wildman–Crippen MR) is 86.0 cm³/mol. The van der Waals surface area contributed by atoms with E-state index in [0.29, 0.717) is 29.7 Å². The molecular weight excluding hydrogens is 302 g/mol. The lowest BCUT2D eigenvalue weighted by atomic mass is 10.1. The number of halogens is 1. The number of aryl methyl sites for hydroxylation is 1. The molecule has 0 saturated heterocycles. The lowest BCUT2D eigenvalue weighted by Crippen LogP contribution is -2.17. The van der Waals surface area contributed by atoms with Crippen LogP contribution in [0.3, 0.4) is 0 Å². The van der Waals surface area contributed by atoms with Crippen LogP contribution >= 0.6 is 11.6 Å². The van der Waals surface area contributed by atoms with Crippen LogP contribution in [0.2, 0.25) is 5.02 Å². The van der Waals surface area contributed by atoms with Crippen LogP contribution in [0.1, 0.15) is 11.1 Å². The van der Waals surface area contributed by atoms with Gasteiger partial charge in [0.15, 0.2) is 11.5 Å². The summed E-state index contributed by atoms with van der Waals surface area (Å²) >= 11 is 6.17. The Balaban J connectivity index is 1.71. The van der Waals surface area contributed by atoms with Crippen molar-refractivity contribution in [2.75, 3.05) is 18.5 Å². The third-order valence-corrected chi connectivity index (χ3v) is 3.64. The molecule has 1 N–H and O–H groups in total. The number of ether oxygens (including phenoxy) is 2. The summed E-state index contributed by atoms with van der Waals surface area (Å²) in [7, 11) is 0. The molecule has 5 heteroatoms. The zero-order chi connectivity index (χ0) is 15.5. The molecule has 4 nitrogen and oxygen atoms in total. The molecular formula is C17H16ClNO3. The summed E-state index contributed by atoms with van der Waals surface area (Å²) in [5.74, 6) is 1.05. The second kappa shape index (κ2) is 6.28. The van der Waals surface area contributed by atoms with Crippen LogP contribution in [-0.2, 0) is 11.2 Å². The fourth-order valence-electron chi connectivity index (χ4n) is 2.29. The number of rotatable bonds is 3. The molecule has 1 heterocycles. The van der Waals surface area contributed by atoms with Crippen molar-refractivity contribution in [3.05, 3.63) is 52.5 Å². The molecule has 114 valence electrons. The monoisotopic (exact) mass is 317 g/mol. The molecule has 3 rings (SSSR count). The molecule has 0 spiro atoms. The van der Waals surface area contributed by atoms with Gasteiger partial charge >= 0.3 is 0 Å². The maximum atomic E-state index is 12.1. The first kappa shape index (κ1) is 14.7. The van der Waals surface area contributed by atoms with Crippen molar-refractivity contribution in [3.63, 3.8) is 0 Å². The molecule has 1 aliphatic heterocycles. The Morgan fingerprint density at radius 2 is 1.91 bits per heavy atom. The number of nitrogens with one attached hydrogen (secondary N) is 1. The number of carbonyl (C=O) groups is 1. The molecule has 2 aromatic rings. The fourth-order valence-corrected chi connectivity index (χ4v) is 2.58. The fraction of sp³-hybridized carbons (Fsp3) is 0.235. The Labute approximate surface area is 134 Å². The second-order valence-corrected chi connectivity index (χ2v) is 5.60. The molecule has 0 saturated carbocycles. The Bertz CT molecular complexity index is 698. The summed E-state index contributed by atoms with van der Waals surface area (Å²) in [6.45, 7) is 2.98. The highest BCUT2D eigenvalue weighted by atomic mass is 35.5. The minimum atomic E-state index is -0.100. The standard InChI is InChI=1S/C17H16ClNO3/c1-11-2-4-13(5-3-11)19-16(20)10-12-8-14(18)17-15(9-12)21-6-7-22-17/h2-5,8-9H,6-7,10H2,1H3,(H,19,20). The highest BCUT2D eigenvalue weighted by molar-refractivity contribution is 6.32. The van der Waals surface area contributed by atoms with Gasteiger partial charge in [-0.05, 0) is 36.8 Å². The van der Waals surface area contributed by atoms with E-state index in [1.54, 1.807) is 12.1 Å². The predicted octanol–water partition coefficient (Wildman–Crippen LogP) is 3.60. The summed E-state index contributed by atoms with van der Waals surface area (Å²) in [6, 6.07) is 11.2. The summed E-state index contributed by atoms with van der Waals surface area (Å²) in [6.07, 6.45) is 0.226. The Hall–Kier alpha value is -2.20.